The predicted octanol–water partition coefficient (Wildman–Crippen LogP) is 13.7. The van der Waals surface area contributed by atoms with E-state index in [1.807, 2.05) is 43.3 Å². The molecule has 0 aliphatic heterocycles. The second-order valence-electron chi connectivity index (χ2n) is 17.1. The van der Waals surface area contributed by atoms with Gasteiger partial charge in [-0.05, 0) is 58.8 Å². The van der Waals surface area contributed by atoms with Crippen LogP contribution in [-0.4, -0.2) is 32.8 Å². The van der Waals surface area contributed by atoms with E-state index in [-0.39, 0.29) is 26.0 Å². The number of nitrogens with zero attached hydrogens (tertiary/aromatic N) is 4. The molecular weight excluding hydrogens is 973 g/mol. The van der Waals surface area contributed by atoms with E-state index in [9.17, 15) is 0 Å². The summed E-state index contributed by atoms with van der Waals surface area (Å²) < 4.78 is 10.3. The van der Waals surface area contributed by atoms with E-state index in [2.05, 4.69) is 169 Å². The van der Waals surface area contributed by atoms with Gasteiger partial charge in [-0.15, -0.1) is 18.2 Å². The number of para-hydroxylation sites is 2. The SMILES string of the molecule is CC(C)c1cc(-c2[c-]cccc2)nc[c]1[Ge]([CH3])([CH3])[CH3].Cc1ccc2c(n1)oc1c(-c3nc4ccccc4n3-c3c(C(C)C)c4ccccc4c4ccccc34)[c-]ccc12.[Ir]. The van der Waals surface area contributed by atoms with Gasteiger partial charge in [-0.1, -0.05) is 85.5 Å². The molecule has 0 N–H and O–H groups in total. The Hall–Kier alpha value is -5.40. The number of benzene rings is 6. The molecule has 60 heavy (non-hydrogen) atoms. The Morgan fingerprint density at radius 1 is 0.650 bits per heavy atom. The maximum atomic E-state index is 6.45. The molecule has 0 spiro atoms. The van der Waals surface area contributed by atoms with Crippen LogP contribution in [0.2, 0.25) is 17.3 Å². The minimum atomic E-state index is -1.85. The van der Waals surface area contributed by atoms with E-state index in [4.69, 9.17) is 9.40 Å². The molecule has 4 aromatic heterocycles. The van der Waals surface area contributed by atoms with Gasteiger partial charge in [0.1, 0.15) is 0 Å². The smallest absolute Gasteiger partial charge is 0.216 e. The molecular formula is C53H48GeIrN4O-2. The van der Waals surface area contributed by atoms with Gasteiger partial charge >= 0.3 is 119 Å². The Kier molecular flexibility index (Phi) is 11.4. The van der Waals surface area contributed by atoms with Crippen molar-refractivity contribution in [1.29, 1.82) is 0 Å². The van der Waals surface area contributed by atoms with Crippen molar-refractivity contribution in [3.05, 3.63) is 163 Å². The Morgan fingerprint density at radius 2 is 1.33 bits per heavy atom. The van der Waals surface area contributed by atoms with E-state index in [1.54, 1.807) is 0 Å². The molecule has 0 fully saturated rings. The summed E-state index contributed by atoms with van der Waals surface area (Å²) in [6.07, 6.45) is 2.12. The minimum Gasteiger partial charge on any atom is -0.486 e. The van der Waals surface area contributed by atoms with Crippen molar-refractivity contribution in [3.63, 3.8) is 0 Å². The van der Waals surface area contributed by atoms with Crippen LogP contribution in [0.5, 0.6) is 0 Å². The van der Waals surface area contributed by atoms with Crippen molar-refractivity contribution < 1.29 is 24.5 Å². The van der Waals surface area contributed by atoms with E-state index in [1.165, 1.54) is 37.1 Å². The van der Waals surface area contributed by atoms with Crippen molar-refractivity contribution in [1.82, 2.24) is 19.5 Å². The van der Waals surface area contributed by atoms with Crippen LogP contribution in [0.15, 0.2) is 138 Å². The molecule has 4 heterocycles. The summed E-state index contributed by atoms with van der Waals surface area (Å²) in [4.78, 5) is 14.6. The third kappa shape index (κ3) is 7.40. The number of furan rings is 1. The molecule has 0 unspecified atom stereocenters. The number of rotatable bonds is 6. The predicted molar refractivity (Wildman–Crippen MR) is 250 cm³/mol. The number of fused-ring (bicyclic) bond motifs is 7. The van der Waals surface area contributed by atoms with Crippen molar-refractivity contribution in [2.24, 2.45) is 0 Å². The molecule has 301 valence electrons. The maximum Gasteiger partial charge on any atom is 0.216 e. The molecule has 0 atom stereocenters. The van der Waals surface area contributed by atoms with Gasteiger partial charge in [0.05, 0.1) is 28.1 Å². The van der Waals surface area contributed by atoms with Crippen molar-refractivity contribution >= 4 is 72.3 Å². The van der Waals surface area contributed by atoms with Crippen molar-refractivity contribution in [3.8, 4) is 28.3 Å². The normalized spacial score (nSPS) is 11.8. The molecule has 5 nitrogen and oxygen atoms in total. The Bertz CT molecular complexity index is 3180. The second-order valence-corrected chi connectivity index (χ2v) is 27.7. The Balaban J connectivity index is 0.000000211. The molecule has 10 aromatic rings. The number of hydrogen-bond donors (Lipinski definition) is 0. The first-order chi connectivity index (χ1) is 28.5. The average molecular weight is 1020 g/mol. The van der Waals surface area contributed by atoms with Gasteiger partial charge in [0, 0.05) is 36.6 Å². The van der Waals surface area contributed by atoms with Crippen LogP contribution in [-0.2, 0) is 20.1 Å². The first kappa shape index (κ1) is 41.3. The van der Waals surface area contributed by atoms with E-state index < -0.39 is 13.3 Å². The molecule has 6 aromatic carbocycles. The Morgan fingerprint density at radius 3 is 2.03 bits per heavy atom. The monoisotopic (exact) mass is 1020 g/mol. The standard InChI is InChI=1S/C36H26N3O.C17H22GeN.Ir/c1-21(2)32-25-13-6-4-11-23(25)24-12-5-7-14-26(24)33(32)39-31-18-9-8-17-30(31)38-35(39)29-16-10-15-27-28-20-19-22(3)37-36(28)40-34(27)29;1-13(2)15-11-17(14-9-7-6-8-10-14)19-12-16(15)18(3,4)5;/h4-15,17-21H,1-3H3;6-9,11-13H,1-5H3;/q2*-1;. The van der Waals surface area contributed by atoms with E-state index in [0.29, 0.717) is 11.6 Å². The average Bonchev–Trinajstić information content (AvgIpc) is 3.81. The number of aryl methyl sites for hydroxylation is 1. The van der Waals surface area contributed by atoms with Crippen LogP contribution >= 0.6 is 0 Å². The largest absolute Gasteiger partial charge is 0.486 e. The van der Waals surface area contributed by atoms with Crippen LogP contribution in [0.3, 0.4) is 0 Å². The van der Waals surface area contributed by atoms with Crippen molar-refractivity contribution in [2.75, 3.05) is 0 Å². The van der Waals surface area contributed by atoms with Gasteiger partial charge in [0.15, 0.2) is 0 Å². The van der Waals surface area contributed by atoms with Crippen LogP contribution in [0.4, 0.5) is 0 Å². The molecule has 0 aliphatic carbocycles. The fourth-order valence-electron chi connectivity index (χ4n) is 8.55. The van der Waals surface area contributed by atoms with Gasteiger partial charge in [-0.3, -0.25) is 4.98 Å². The maximum absolute atomic E-state index is 6.45. The summed E-state index contributed by atoms with van der Waals surface area (Å²) in [7, 11) is 0. The summed E-state index contributed by atoms with van der Waals surface area (Å²) in [6.45, 7) is 11.1. The van der Waals surface area contributed by atoms with E-state index in [0.717, 1.165) is 61.4 Å². The summed E-state index contributed by atoms with van der Waals surface area (Å²) in [5, 5.41) is 6.97. The Labute approximate surface area is 368 Å². The molecule has 0 amide bonds. The molecule has 1 radical (unpaired) electrons. The van der Waals surface area contributed by atoms with Crippen LogP contribution < -0.4 is 4.40 Å². The minimum absolute atomic E-state index is 0. The molecule has 0 aliphatic rings. The zero-order chi connectivity index (χ0) is 41.0. The first-order valence-electron chi connectivity index (χ1n) is 20.6. The quantitative estimate of drug-likeness (QED) is 0.0946. The molecule has 10 rings (SSSR count). The van der Waals surface area contributed by atoms with Gasteiger partial charge in [-0.25, -0.2) is 4.98 Å². The third-order valence-electron chi connectivity index (χ3n) is 11.3. The van der Waals surface area contributed by atoms with Gasteiger partial charge in [0.2, 0.25) is 5.71 Å². The number of aromatic nitrogens is 4. The summed E-state index contributed by atoms with van der Waals surface area (Å²) in [6, 6.07) is 51.1. The van der Waals surface area contributed by atoms with Crippen LogP contribution in [0.1, 0.15) is 56.4 Å². The van der Waals surface area contributed by atoms with Crippen molar-refractivity contribution in [2.45, 2.75) is 63.7 Å². The summed E-state index contributed by atoms with van der Waals surface area (Å²) in [5.41, 5.74) is 11.2. The third-order valence-corrected chi connectivity index (χ3v) is 15.6. The molecule has 0 saturated heterocycles. The number of hydrogen-bond acceptors (Lipinski definition) is 4. The molecule has 7 heteroatoms. The fraction of sp³-hybridized carbons (Fsp3) is 0.189. The summed E-state index contributed by atoms with van der Waals surface area (Å²) in [5.74, 6) is 8.91. The summed E-state index contributed by atoms with van der Waals surface area (Å²) >= 11 is -1.85. The van der Waals surface area contributed by atoms with E-state index >= 15 is 0 Å². The number of imidazole rings is 1. The second kappa shape index (κ2) is 16.6. The van der Waals surface area contributed by atoms with Gasteiger partial charge in [-0.2, -0.15) is 0 Å². The fourth-order valence-corrected chi connectivity index (χ4v) is 12.1. The first-order valence-corrected chi connectivity index (χ1v) is 27.9. The topological polar surface area (TPSA) is 56.7 Å². The van der Waals surface area contributed by atoms with Crippen LogP contribution in [0.25, 0.3) is 83.0 Å². The number of pyridine rings is 2. The zero-order valence-electron chi connectivity index (χ0n) is 35.4. The molecule has 0 saturated carbocycles. The molecule has 0 bridgehead atoms. The van der Waals surface area contributed by atoms with Gasteiger partial charge < -0.3 is 8.98 Å². The zero-order valence-corrected chi connectivity index (χ0v) is 39.9. The van der Waals surface area contributed by atoms with Gasteiger partial charge in [0.25, 0.3) is 0 Å². The van der Waals surface area contributed by atoms with Crippen LogP contribution in [0, 0.1) is 19.1 Å².